The van der Waals surface area contributed by atoms with Crippen molar-refractivity contribution in [3.8, 4) is 17.2 Å². The van der Waals surface area contributed by atoms with E-state index in [9.17, 15) is 39.3 Å². The molecule has 138 heavy (non-hydrogen) atoms. The Morgan fingerprint density at radius 1 is 0.428 bits per heavy atom. The van der Waals surface area contributed by atoms with Gasteiger partial charge < -0.3 is 80.8 Å². The standard InChI is InChI=1S/C14H26N2O2.C13H26N2O2.3C13H21NO.C12H25N3O.2C12H24N2O2.C8H18N2/c1-14(2,3)15-7-4-11(5-8-15)16-9-6-12(17)10-13(16)18;1-5-17-12(16)6-7-14-8-10-15(11-9-14)13(2,3)4;1-13(2,3)8-9-14-10-11-4-6-12(15)7-5-11;1-13(2,3)7-8-14-10-11-5-4-6-12(15)9-11;1-13(2,3)8-9-14-10-11-6-4-5-7-12(11)15;1-12(2,3)15-8-6-14(7-9-15)10-11(16)13(4)5;1-12(2,3)14-7-5-10(6-8-14)13-9-11(15)16-4;1-12(2,3)14-9-7-13(8-10-14)6-5-11(15)16-4;1-8(2,3)10-6-4-9-5-7-10/h11-12,17H,4-10H2,1-3H3;5-11H2,1-4H3;4-7,14-15H,8-10H2,1-3H3;4-6,9,14-15H,7-8,10H2,1-3H3;4-7,14-15H,8-10H2,1-3H3;6-10H2,1-5H3;10,13H,5-9H2,1-4H3;5-10H2,1-4H3;9H,4-7H2,1-3H3. The number of ether oxygens (including phenoxy) is 3. The Balaban J connectivity index is 0.000000526. The van der Waals surface area contributed by atoms with E-state index in [1.165, 1.54) is 39.3 Å². The molecule has 0 bridgehead atoms. The topological polar surface area (TPSA) is 290 Å². The molecule has 3 aromatic rings. The number of aromatic hydroxyl groups is 3. The molecule has 3 aromatic carbocycles. The molecule has 2 amide bonds. The van der Waals surface area contributed by atoms with Crippen LogP contribution in [-0.2, 0) is 57.8 Å². The van der Waals surface area contributed by atoms with Gasteiger partial charge in [-0.05, 0) is 260 Å². The smallest absolute Gasteiger partial charge is 0.319 e. The van der Waals surface area contributed by atoms with Gasteiger partial charge in [-0.15, -0.1) is 0 Å². The summed E-state index contributed by atoms with van der Waals surface area (Å²) in [4.78, 5) is 82.3. The number of hydrogen-bond acceptors (Lipinski definition) is 26. The van der Waals surface area contributed by atoms with Crippen LogP contribution in [0.3, 0.4) is 0 Å². The van der Waals surface area contributed by atoms with Crippen molar-refractivity contribution in [1.29, 1.82) is 0 Å². The fourth-order valence-corrected chi connectivity index (χ4v) is 16.5. The third-order valence-electron chi connectivity index (χ3n) is 26.1. The van der Waals surface area contributed by atoms with E-state index in [1.807, 2.05) is 68.4 Å². The molecule has 7 heterocycles. The van der Waals surface area contributed by atoms with Gasteiger partial charge in [-0.1, -0.05) is 105 Å². The van der Waals surface area contributed by atoms with E-state index in [-0.39, 0.29) is 57.4 Å². The number of nitrogens with one attached hydrogen (secondary N) is 5. The summed E-state index contributed by atoms with van der Waals surface area (Å²) in [6.07, 6.45) is 9.49. The molecule has 0 spiro atoms. The number of nitrogens with zero attached hydrogens (tertiary/aromatic N) is 11. The van der Waals surface area contributed by atoms with Crippen molar-refractivity contribution in [2.45, 2.75) is 336 Å². The van der Waals surface area contributed by atoms with Gasteiger partial charge in [-0.25, -0.2) is 0 Å². The number of piperidine rings is 3. The van der Waals surface area contributed by atoms with E-state index in [0.717, 1.165) is 233 Å². The van der Waals surface area contributed by atoms with Crippen molar-refractivity contribution in [2.24, 2.45) is 16.2 Å². The average Bonchev–Trinajstić information content (AvgIpc) is 0.814. The number of piperazine rings is 4. The number of phenols is 3. The van der Waals surface area contributed by atoms with Gasteiger partial charge in [0.2, 0.25) is 11.8 Å². The van der Waals surface area contributed by atoms with E-state index in [1.54, 1.807) is 35.2 Å². The molecule has 0 radical (unpaired) electrons. The van der Waals surface area contributed by atoms with Crippen LogP contribution in [0.5, 0.6) is 17.2 Å². The molecular weight excluding hydrogens is 1740 g/mol. The Bertz CT molecular complexity index is 3700. The van der Waals surface area contributed by atoms with Gasteiger partial charge in [-0.2, -0.15) is 0 Å². The van der Waals surface area contributed by atoms with Crippen LogP contribution < -0.4 is 26.6 Å². The Labute approximate surface area is 841 Å². The molecule has 9 N–H and O–H groups in total. The van der Waals surface area contributed by atoms with E-state index in [4.69, 9.17) is 9.84 Å². The van der Waals surface area contributed by atoms with E-state index in [0.29, 0.717) is 90.1 Å². The Kier molecular flexibility index (Phi) is 59.2. The van der Waals surface area contributed by atoms with Crippen LogP contribution >= 0.6 is 0 Å². The highest BCUT2D eigenvalue weighted by Gasteiger charge is 2.36. The molecule has 28 heteroatoms. The first-order valence-electron chi connectivity index (χ1n) is 52.1. The molecule has 1 atom stereocenters. The van der Waals surface area contributed by atoms with Crippen LogP contribution in [0.1, 0.15) is 281 Å². The number of aliphatic hydroxyl groups excluding tert-OH is 1. The van der Waals surface area contributed by atoms with Crippen molar-refractivity contribution in [3.63, 3.8) is 0 Å². The van der Waals surface area contributed by atoms with E-state index < -0.39 is 6.10 Å². The Morgan fingerprint density at radius 3 is 1.20 bits per heavy atom. The predicted octanol–water partition coefficient (Wildman–Crippen LogP) is 14.5. The number of phenolic OH excluding ortho intramolecular Hbond substituents is 3. The number of carbonyl (C=O) groups excluding carboxylic acids is 5. The Morgan fingerprint density at radius 2 is 0.819 bits per heavy atom. The zero-order valence-corrected chi connectivity index (χ0v) is 93.5. The number of hydrogen-bond donors (Lipinski definition) is 9. The normalized spacial score (nSPS) is 18.5. The highest BCUT2D eigenvalue weighted by Crippen LogP contribution is 2.29. The molecular formula is C110H206N16O12. The molecule has 7 aliphatic heterocycles. The second-order valence-corrected chi connectivity index (χ2v) is 47.9. The molecule has 798 valence electrons. The number of para-hydroxylation sites is 1. The summed E-state index contributed by atoms with van der Waals surface area (Å²) >= 11 is 0. The fraction of sp³-hybridized carbons (Fsp3) is 0.791. The molecule has 0 saturated carbocycles. The summed E-state index contributed by atoms with van der Waals surface area (Å²) in [6.45, 7) is 93.5. The lowest BCUT2D eigenvalue weighted by atomic mass is 9.92. The predicted molar refractivity (Wildman–Crippen MR) is 571 cm³/mol. The van der Waals surface area contributed by atoms with Crippen molar-refractivity contribution < 1.29 is 58.6 Å². The third-order valence-corrected chi connectivity index (χ3v) is 26.1. The highest BCUT2D eigenvalue weighted by molar-refractivity contribution is 5.78. The number of likely N-dealkylation sites (N-methyl/N-ethyl adjacent to an activating group) is 1. The molecule has 7 fully saturated rings. The number of amides is 2. The van der Waals surface area contributed by atoms with Crippen LogP contribution in [0.25, 0.3) is 0 Å². The van der Waals surface area contributed by atoms with Crippen LogP contribution in [0.2, 0.25) is 0 Å². The maximum absolute atomic E-state index is 11.9. The number of likely N-dealkylation sites (tertiary alicyclic amines) is 3. The maximum atomic E-state index is 11.9. The minimum atomic E-state index is -0.414. The summed E-state index contributed by atoms with van der Waals surface area (Å²) in [5, 5.41) is 54.1. The molecule has 10 rings (SSSR count). The van der Waals surface area contributed by atoms with Gasteiger partial charge in [0, 0.05) is 235 Å². The van der Waals surface area contributed by atoms with Gasteiger partial charge >= 0.3 is 17.9 Å². The average molecular weight is 1940 g/mol. The van der Waals surface area contributed by atoms with Crippen molar-refractivity contribution in [1.82, 2.24) is 80.5 Å². The zero-order valence-electron chi connectivity index (χ0n) is 93.5. The molecule has 0 aliphatic carbocycles. The van der Waals surface area contributed by atoms with Crippen molar-refractivity contribution >= 4 is 29.7 Å². The van der Waals surface area contributed by atoms with Crippen molar-refractivity contribution in [2.75, 3.05) is 218 Å². The number of aliphatic hydroxyl groups is 1. The first-order chi connectivity index (χ1) is 64.0. The summed E-state index contributed by atoms with van der Waals surface area (Å²) in [7, 11) is 6.49. The molecule has 1 unspecified atom stereocenters. The SMILES string of the molecule is CC(C)(C)CCNCc1ccc(O)cc1.CC(C)(C)CCNCc1cccc(O)c1.CC(C)(C)CCNCc1ccccc1O.CC(C)(C)N1CCC(N2CCC(O)CC2=O)CC1.CC(C)(C)N1CCNCC1.CCOC(=O)CCN1CCN(C(C)(C)C)CC1.CN(C)C(=O)CN1CCN(C(C)(C)C)CC1.COC(=O)CCN1CCN(C(C)(C)C)CC1.COC(=O)CNC1CCN(C(C)(C)C)CC1. The van der Waals surface area contributed by atoms with Crippen LogP contribution in [-0.4, -0.2) is 374 Å². The summed E-state index contributed by atoms with van der Waals surface area (Å²) in [5.41, 5.74) is 6.05. The van der Waals surface area contributed by atoms with E-state index in [2.05, 4.69) is 267 Å². The molecule has 7 aliphatic rings. The first kappa shape index (κ1) is 128. The lowest BCUT2D eigenvalue weighted by Gasteiger charge is -2.45. The van der Waals surface area contributed by atoms with Crippen LogP contribution in [0.4, 0.5) is 0 Å². The number of esters is 3. The quantitative estimate of drug-likeness (QED) is 0.0216. The lowest BCUT2D eigenvalue weighted by molar-refractivity contribution is -0.144. The number of rotatable bonds is 25. The van der Waals surface area contributed by atoms with Crippen LogP contribution in [0.15, 0.2) is 72.8 Å². The number of methoxy groups -OCH3 is 2. The number of carbonyl (C=O) groups is 5. The maximum Gasteiger partial charge on any atom is 0.319 e. The largest absolute Gasteiger partial charge is 0.508 e. The number of benzene rings is 3. The monoisotopic (exact) mass is 1940 g/mol. The second kappa shape index (κ2) is 63.8. The molecule has 7 saturated heterocycles. The highest BCUT2D eigenvalue weighted by atomic mass is 16.5. The van der Waals surface area contributed by atoms with Gasteiger partial charge in [0.25, 0.3) is 0 Å². The van der Waals surface area contributed by atoms with Crippen molar-refractivity contribution in [3.05, 3.63) is 89.5 Å². The van der Waals surface area contributed by atoms with Crippen LogP contribution in [0, 0.1) is 16.2 Å². The molecule has 28 nitrogen and oxygen atoms in total. The summed E-state index contributed by atoms with van der Waals surface area (Å²) < 4.78 is 14.2. The first-order valence-corrected chi connectivity index (χ1v) is 52.1. The molecule has 0 aromatic heterocycles. The van der Waals surface area contributed by atoms with Gasteiger partial charge in [-0.3, -0.25) is 58.3 Å². The third kappa shape index (κ3) is 59.8. The van der Waals surface area contributed by atoms with E-state index >= 15 is 0 Å². The van der Waals surface area contributed by atoms with Gasteiger partial charge in [0.05, 0.1) is 59.3 Å². The minimum Gasteiger partial charge on any atom is -0.508 e. The Hall–Kier alpha value is -6.19. The van der Waals surface area contributed by atoms with Gasteiger partial charge in [0.1, 0.15) is 17.2 Å². The second-order valence-electron chi connectivity index (χ2n) is 47.9. The lowest BCUT2D eigenvalue weighted by Crippen LogP contribution is -2.54. The minimum absolute atomic E-state index is 0.0780. The zero-order chi connectivity index (χ0) is 104. The summed E-state index contributed by atoms with van der Waals surface area (Å²) in [5.74, 6) is 1.01. The summed E-state index contributed by atoms with van der Waals surface area (Å²) in [6, 6.07) is 23.0. The fourth-order valence-electron chi connectivity index (χ4n) is 16.5. The van der Waals surface area contributed by atoms with Gasteiger partial charge in [0.15, 0.2) is 0 Å².